The largest absolute Gasteiger partial charge is 0.386 e. The van der Waals surface area contributed by atoms with Gasteiger partial charge in [-0.2, -0.15) is 0 Å². The highest BCUT2D eigenvalue weighted by Crippen LogP contribution is 2.25. The molecule has 0 aromatic heterocycles. The molecule has 1 fully saturated rings. The summed E-state index contributed by atoms with van der Waals surface area (Å²) in [7, 11) is 0. The van der Waals surface area contributed by atoms with E-state index in [1.165, 1.54) is 0 Å². The second-order valence-corrected chi connectivity index (χ2v) is 5.96. The Bertz CT molecular complexity index is 764. The highest BCUT2D eigenvalue weighted by molar-refractivity contribution is 5.99. The van der Waals surface area contributed by atoms with Crippen LogP contribution in [-0.2, 0) is 9.53 Å². The van der Waals surface area contributed by atoms with E-state index in [-0.39, 0.29) is 12.0 Å². The summed E-state index contributed by atoms with van der Waals surface area (Å²) < 4.78 is 4.83. The Morgan fingerprint density at radius 1 is 1.17 bits per heavy atom. The highest BCUT2D eigenvalue weighted by Gasteiger charge is 2.41. The van der Waals surface area contributed by atoms with E-state index >= 15 is 0 Å². The van der Waals surface area contributed by atoms with Crippen molar-refractivity contribution >= 4 is 11.9 Å². The predicted octanol–water partition coefficient (Wildman–Crippen LogP) is 2.42. The van der Waals surface area contributed by atoms with Crippen molar-refractivity contribution in [3.05, 3.63) is 59.7 Å². The number of carbonyl (C=O) groups is 2. The lowest BCUT2D eigenvalue weighted by molar-refractivity contribution is -0.161. The zero-order valence-corrected chi connectivity index (χ0v) is 13.4. The number of rotatable bonds is 3. The lowest BCUT2D eigenvalue weighted by Crippen LogP contribution is -2.49. The van der Waals surface area contributed by atoms with Gasteiger partial charge in [-0.3, -0.25) is 5.32 Å². The van der Waals surface area contributed by atoms with Gasteiger partial charge in [-0.25, -0.2) is 9.59 Å². The molecular weight excluding hydrogens is 306 g/mol. The van der Waals surface area contributed by atoms with E-state index in [1.54, 1.807) is 12.1 Å². The minimum absolute atomic E-state index is 0.241. The number of aliphatic hydroxyl groups is 1. The molecule has 3 rings (SSSR count). The van der Waals surface area contributed by atoms with Gasteiger partial charge in [-0.05, 0) is 48.7 Å². The third-order valence-corrected chi connectivity index (χ3v) is 4.20. The van der Waals surface area contributed by atoms with Gasteiger partial charge in [0.1, 0.15) is 0 Å². The molecule has 24 heavy (non-hydrogen) atoms. The van der Waals surface area contributed by atoms with Crippen LogP contribution >= 0.6 is 0 Å². The zero-order chi connectivity index (χ0) is 17.2. The summed E-state index contributed by atoms with van der Waals surface area (Å²) in [5, 5.41) is 12.7. The molecule has 0 unspecified atom stereocenters. The maximum atomic E-state index is 12.2. The molecule has 2 N–H and O–H groups in total. The van der Waals surface area contributed by atoms with Crippen LogP contribution in [0.1, 0.15) is 28.8 Å². The monoisotopic (exact) mass is 325 g/mol. The van der Waals surface area contributed by atoms with Crippen molar-refractivity contribution < 1.29 is 19.4 Å². The molecule has 2 aromatic rings. The molecule has 0 aliphatic carbocycles. The van der Waals surface area contributed by atoms with Crippen LogP contribution < -0.4 is 5.32 Å². The standard InChI is InChI=1S/C19H19NO4/c1-13-12-15(8-9-16(13)14-6-3-2-4-7-14)17(21)24-18(22)19(23)10-5-11-20-19/h2-4,6-9,12,20,23H,5,10-11H2,1H3/t19-/m1/s1. The van der Waals surface area contributed by atoms with Crippen molar-refractivity contribution in [3.63, 3.8) is 0 Å². The van der Waals surface area contributed by atoms with E-state index in [2.05, 4.69) is 5.32 Å². The molecule has 1 aliphatic rings. The molecule has 0 radical (unpaired) electrons. The van der Waals surface area contributed by atoms with Crippen molar-refractivity contribution in [2.75, 3.05) is 6.54 Å². The van der Waals surface area contributed by atoms with Gasteiger partial charge in [0.05, 0.1) is 5.56 Å². The number of aryl methyl sites for hydroxylation is 1. The fraction of sp³-hybridized carbons (Fsp3) is 0.263. The quantitative estimate of drug-likeness (QED) is 0.669. The van der Waals surface area contributed by atoms with Crippen molar-refractivity contribution in [2.24, 2.45) is 0 Å². The van der Waals surface area contributed by atoms with E-state index in [0.717, 1.165) is 16.7 Å². The summed E-state index contributed by atoms with van der Waals surface area (Å²) in [5.74, 6) is -1.71. The molecular formula is C19H19NO4. The summed E-state index contributed by atoms with van der Waals surface area (Å²) >= 11 is 0. The van der Waals surface area contributed by atoms with Crippen LogP contribution in [0.3, 0.4) is 0 Å². The second-order valence-electron chi connectivity index (χ2n) is 5.96. The zero-order valence-electron chi connectivity index (χ0n) is 13.4. The van der Waals surface area contributed by atoms with Crippen LogP contribution in [0.4, 0.5) is 0 Å². The minimum Gasteiger partial charge on any atom is -0.386 e. The van der Waals surface area contributed by atoms with Gasteiger partial charge >= 0.3 is 11.9 Å². The Hall–Kier alpha value is -2.50. The maximum Gasteiger partial charge on any atom is 0.361 e. The maximum absolute atomic E-state index is 12.2. The van der Waals surface area contributed by atoms with Gasteiger partial charge < -0.3 is 9.84 Å². The number of carbonyl (C=O) groups excluding carboxylic acids is 2. The molecule has 2 aromatic carbocycles. The topological polar surface area (TPSA) is 75.6 Å². The molecule has 1 heterocycles. The number of hydrogen-bond acceptors (Lipinski definition) is 5. The Morgan fingerprint density at radius 3 is 2.54 bits per heavy atom. The van der Waals surface area contributed by atoms with Gasteiger partial charge in [0.2, 0.25) is 5.72 Å². The number of ether oxygens (including phenoxy) is 1. The van der Waals surface area contributed by atoms with Crippen LogP contribution in [0.25, 0.3) is 11.1 Å². The van der Waals surface area contributed by atoms with Gasteiger partial charge in [-0.15, -0.1) is 0 Å². The first-order chi connectivity index (χ1) is 11.5. The summed E-state index contributed by atoms with van der Waals surface area (Å²) in [6.07, 6.45) is 0.899. The smallest absolute Gasteiger partial charge is 0.361 e. The first-order valence-corrected chi connectivity index (χ1v) is 7.90. The Kier molecular flexibility index (Phi) is 4.46. The van der Waals surface area contributed by atoms with Crippen LogP contribution in [0.2, 0.25) is 0 Å². The molecule has 1 aliphatic heterocycles. The van der Waals surface area contributed by atoms with Gasteiger partial charge in [-0.1, -0.05) is 36.4 Å². The Balaban J connectivity index is 1.76. The van der Waals surface area contributed by atoms with Gasteiger partial charge in [0.25, 0.3) is 0 Å². The summed E-state index contributed by atoms with van der Waals surface area (Å²) in [6.45, 7) is 2.41. The van der Waals surface area contributed by atoms with E-state index in [9.17, 15) is 14.7 Å². The average Bonchev–Trinajstić information content (AvgIpc) is 3.03. The lowest BCUT2D eigenvalue weighted by atomic mass is 9.98. The minimum atomic E-state index is -1.76. The molecule has 1 atom stereocenters. The normalized spacial score (nSPS) is 19.9. The Morgan fingerprint density at radius 2 is 1.92 bits per heavy atom. The van der Waals surface area contributed by atoms with Gasteiger partial charge in [0.15, 0.2) is 0 Å². The van der Waals surface area contributed by atoms with Crippen molar-refractivity contribution in [1.82, 2.24) is 5.32 Å². The second kappa shape index (κ2) is 6.55. The molecule has 124 valence electrons. The van der Waals surface area contributed by atoms with E-state index in [0.29, 0.717) is 13.0 Å². The molecule has 5 heteroatoms. The molecule has 0 bridgehead atoms. The summed E-state index contributed by atoms with van der Waals surface area (Å²) in [4.78, 5) is 24.1. The third-order valence-electron chi connectivity index (χ3n) is 4.20. The van der Waals surface area contributed by atoms with Crippen LogP contribution in [0.5, 0.6) is 0 Å². The van der Waals surface area contributed by atoms with E-state index < -0.39 is 17.7 Å². The number of nitrogens with one attached hydrogen (secondary N) is 1. The first kappa shape index (κ1) is 16.4. The summed E-state index contributed by atoms with van der Waals surface area (Å²) in [5.41, 5.74) is 1.49. The predicted molar refractivity (Wildman–Crippen MR) is 89.2 cm³/mol. The Labute approximate surface area is 140 Å². The fourth-order valence-electron chi connectivity index (χ4n) is 2.86. The van der Waals surface area contributed by atoms with Crippen LogP contribution in [0, 0.1) is 6.92 Å². The highest BCUT2D eigenvalue weighted by atomic mass is 16.6. The van der Waals surface area contributed by atoms with Crippen LogP contribution in [0.15, 0.2) is 48.5 Å². The van der Waals surface area contributed by atoms with E-state index in [4.69, 9.17) is 4.74 Å². The van der Waals surface area contributed by atoms with Gasteiger partial charge in [0, 0.05) is 6.42 Å². The molecule has 0 amide bonds. The number of hydrogen-bond donors (Lipinski definition) is 2. The van der Waals surface area contributed by atoms with Crippen molar-refractivity contribution in [1.29, 1.82) is 0 Å². The number of esters is 2. The fourth-order valence-corrected chi connectivity index (χ4v) is 2.86. The lowest BCUT2D eigenvalue weighted by Gasteiger charge is -2.19. The summed E-state index contributed by atoms with van der Waals surface area (Å²) in [6, 6.07) is 15.0. The molecule has 5 nitrogen and oxygen atoms in total. The molecule has 1 saturated heterocycles. The average molecular weight is 325 g/mol. The molecule has 0 saturated carbocycles. The number of benzene rings is 2. The SMILES string of the molecule is Cc1cc(C(=O)OC(=O)[C@]2(O)CCCN2)ccc1-c1ccccc1. The third kappa shape index (κ3) is 3.22. The van der Waals surface area contributed by atoms with Crippen molar-refractivity contribution in [2.45, 2.75) is 25.5 Å². The van der Waals surface area contributed by atoms with Crippen molar-refractivity contribution in [3.8, 4) is 11.1 Å². The molecule has 0 spiro atoms. The van der Waals surface area contributed by atoms with Crippen LogP contribution in [-0.4, -0.2) is 29.3 Å². The van der Waals surface area contributed by atoms with E-state index in [1.807, 2.05) is 43.3 Å². The first-order valence-electron chi connectivity index (χ1n) is 7.90.